The van der Waals surface area contributed by atoms with E-state index in [0.29, 0.717) is 23.7 Å². The van der Waals surface area contributed by atoms with Crippen molar-refractivity contribution in [3.05, 3.63) is 98.5 Å². The van der Waals surface area contributed by atoms with E-state index in [-0.39, 0.29) is 17.2 Å². The average Bonchev–Trinajstić information content (AvgIpc) is 3.13. The van der Waals surface area contributed by atoms with Gasteiger partial charge in [-0.3, -0.25) is 0 Å². The fourth-order valence-corrected chi connectivity index (χ4v) is 3.52. The first-order chi connectivity index (χ1) is 15.0. The van der Waals surface area contributed by atoms with Gasteiger partial charge in [0.25, 0.3) is 0 Å². The summed E-state index contributed by atoms with van der Waals surface area (Å²) in [5.41, 5.74) is 1.95. The van der Waals surface area contributed by atoms with Gasteiger partial charge in [0.15, 0.2) is 17.2 Å². The van der Waals surface area contributed by atoms with E-state index in [9.17, 15) is 9.18 Å². The highest BCUT2D eigenvalue weighted by molar-refractivity contribution is 14.1. The van der Waals surface area contributed by atoms with Crippen LogP contribution in [-0.2, 0) is 16.1 Å². The van der Waals surface area contributed by atoms with Crippen molar-refractivity contribution in [1.82, 2.24) is 0 Å². The van der Waals surface area contributed by atoms with Crippen LogP contribution in [0.2, 0.25) is 0 Å². The number of cyclic esters (lactones) is 1. The summed E-state index contributed by atoms with van der Waals surface area (Å²) in [6, 6.07) is 19.2. The van der Waals surface area contributed by atoms with Gasteiger partial charge in [-0.15, -0.1) is 0 Å². The van der Waals surface area contributed by atoms with Crippen LogP contribution in [0.3, 0.4) is 0 Å². The SMILES string of the molecule is COc1cc(/C=C2\N=C(c3ccccc3F)OC2=O)ccc1OCc1ccccc1I. The highest BCUT2D eigenvalue weighted by Gasteiger charge is 2.26. The molecule has 0 radical (unpaired) electrons. The summed E-state index contributed by atoms with van der Waals surface area (Å²) >= 11 is 2.26. The number of benzene rings is 3. The number of rotatable bonds is 6. The van der Waals surface area contributed by atoms with Gasteiger partial charge in [-0.25, -0.2) is 14.2 Å². The molecule has 1 aliphatic heterocycles. The quantitative estimate of drug-likeness (QED) is 0.245. The maximum absolute atomic E-state index is 14.0. The van der Waals surface area contributed by atoms with Gasteiger partial charge in [-0.1, -0.05) is 36.4 Å². The molecule has 1 heterocycles. The van der Waals surface area contributed by atoms with Gasteiger partial charge >= 0.3 is 5.97 Å². The highest BCUT2D eigenvalue weighted by atomic mass is 127. The lowest BCUT2D eigenvalue weighted by Gasteiger charge is -2.12. The highest BCUT2D eigenvalue weighted by Crippen LogP contribution is 2.31. The summed E-state index contributed by atoms with van der Waals surface area (Å²) in [6.07, 6.45) is 1.56. The van der Waals surface area contributed by atoms with E-state index >= 15 is 0 Å². The molecule has 0 aromatic heterocycles. The fourth-order valence-electron chi connectivity index (χ4n) is 2.98. The zero-order valence-electron chi connectivity index (χ0n) is 16.5. The molecule has 3 aromatic rings. The summed E-state index contributed by atoms with van der Waals surface area (Å²) in [7, 11) is 1.55. The molecule has 0 saturated carbocycles. The number of hydrogen-bond acceptors (Lipinski definition) is 5. The second-order valence-electron chi connectivity index (χ2n) is 6.61. The van der Waals surface area contributed by atoms with Gasteiger partial charge in [0, 0.05) is 9.13 Å². The van der Waals surface area contributed by atoms with Crippen LogP contribution >= 0.6 is 22.6 Å². The smallest absolute Gasteiger partial charge is 0.363 e. The number of ether oxygens (including phenoxy) is 3. The average molecular weight is 529 g/mol. The lowest BCUT2D eigenvalue weighted by molar-refractivity contribution is -0.129. The molecule has 4 rings (SSSR count). The molecular weight excluding hydrogens is 512 g/mol. The van der Waals surface area contributed by atoms with Gasteiger partial charge in [-0.2, -0.15) is 0 Å². The Kier molecular flexibility index (Phi) is 6.31. The van der Waals surface area contributed by atoms with Crippen LogP contribution in [0, 0.1) is 9.39 Å². The molecule has 0 unspecified atom stereocenters. The van der Waals surface area contributed by atoms with Crippen LogP contribution in [0.1, 0.15) is 16.7 Å². The topological polar surface area (TPSA) is 57.1 Å². The van der Waals surface area contributed by atoms with Crippen molar-refractivity contribution in [2.75, 3.05) is 7.11 Å². The molecule has 0 amide bonds. The summed E-state index contributed by atoms with van der Waals surface area (Å²) in [5, 5.41) is 0. The monoisotopic (exact) mass is 529 g/mol. The lowest BCUT2D eigenvalue weighted by atomic mass is 10.1. The van der Waals surface area contributed by atoms with E-state index in [1.165, 1.54) is 12.1 Å². The number of hydrogen-bond donors (Lipinski definition) is 0. The van der Waals surface area contributed by atoms with Gasteiger partial charge in [-0.05, 0) is 64.6 Å². The molecule has 3 aromatic carbocycles. The second kappa shape index (κ2) is 9.30. The number of esters is 1. The number of methoxy groups -OCH3 is 1. The van der Waals surface area contributed by atoms with Crippen molar-refractivity contribution < 1.29 is 23.4 Å². The molecule has 0 atom stereocenters. The Balaban J connectivity index is 1.56. The predicted octanol–water partition coefficient (Wildman–Crippen LogP) is 5.36. The van der Waals surface area contributed by atoms with Crippen molar-refractivity contribution in [2.24, 2.45) is 4.99 Å². The molecular formula is C24H17FINO4. The third-order valence-corrected chi connectivity index (χ3v) is 5.61. The number of nitrogens with zero attached hydrogens (tertiary/aromatic N) is 1. The van der Waals surface area contributed by atoms with E-state index in [1.54, 1.807) is 43.5 Å². The first-order valence-corrected chi connectivity index (χ1v) is 10.4. The van der Waals surface area contributed by atoms with Gasteiger partial charge < -0.3 is 14.2 Å². The van der Waals surface area contributed by atoms with E-state index in [2.05, 4.69) is 27.6 Å². The Bertz CT molecular complexity index is 1210. The zero-order chi connectivity index (χ0) is 21.8. The molecule has 1 aliphatic rings. The number of carbonyl (C=O) groups is 1. The molecule has 0 N–H and O–H groups in total. The van der Waals surface area contributed by atoms with Crippen molar-refractivity contribution in [3.63, 3.8) is 0 Å². The number of aliphatic imine (C=N–C) groups is 1. The maximum Gasteiger partial charge on any atom is 0.363 e. The van der Waals surface area contributed by atoms with Crippen LogP contribution in [0.5, 0.6) is 11.5 Å². The normalized spacial score (nSPS) is 14.4. The molecule has 0 fully saturated rings. The van der Waals surface area contributed by atoms with Gasteiger partial charge in [0.1, 0.15) is 12.4 Å². The first-order valence-electron chi connectivity index (χ1n) is 9.37. The first kappa shape index (κ1) is 21.0. The largest absolute Gasteiger partial charge is 0.493 e. The van der Waals surface area contributed by atoms with Crippen LogP contribution < -0.4 is 9.47 Å². The Morgan fingerprint density at radius 1 is 1.06 bits per heavy atom. The van der Waals surface area contributed by atoms with Gasteiger partial charge in [0.2, 0.25) is 5.90 Å². The van der Waals surface area contributed by atoms with Crippen molar-refractivity contribution >= 4 is 40.5 Å². The van der Waals surface area contributed by atoms with E-state index in [1.807, 2.05) is 24.3 Å². The maximum atomic E-state index is 14.0. The Morgan fingerprint density at radius 2 is 1.84 bits per heavy atom. The lowest BCUT2D eigenvalue weighted by Crippen LogP contribution is -2.07. The molecule has 0 aliphatic carbocycles. The van der Waals surface area contributed by atoms with Gasteiger partial charge in [0.05, 0.1) is 12.7 Å². The summed E-state index contributed by atoms with van der Waals surface area (Å²) in [4.78, 5) is 16.4. The van der Waals surface area contributed by atoms with E-state index in [0.717, 1.165) is 9.13 Å². The molecule has 5 nitrogen and oxygen atoms in total. The molecule has 156 valence electrons. The van der Waals surface area contributed by atoms with E-state index < -0.39 is 11.8 Å². The molecule has 31 heavy (non-hydrogen) atoms. The minimum atomic E-state index is -0.642. The summed E-state index contributed by atoms with van der Waals surface area (Å²) in [6.45, 7) is 0.401. The fraction of sp³-hybridized carbons (Fsp3) is 0.0833. The molecule has 0 saturated heterocycles. The molecule has 0 spiro atoms. The van der Waals surface area contributed by atoms with Crippen molar-refractivity contribution in [3.8, 4) is 11.5 Å². The Labute approximate surface area is 192 Å². The minimum absolute atomic E-state index is 0.0567. The number of halogens is 2. The Hall–Kier alpha value is -3.20. The van der Waals surface area contributed by atoms with Crippen LogP contribution in [0.4, 0.5) is 4.39 Å². The Morgan fingerprint density at radius 3 is 2.61 bits per heavy atom. The molecule has 0 bridgehead atoms. The minimum Gasteiger partial charge on any atom is -0.493 e. The van der Waals surface area contributed by atoms with Crippen LogP contribution in [0.15, 0.2) is 77.4 Å². The van der Waals surface area contributed by atoms with Crippen molar-refractivity contribution in [1.29, 1.82) is 0 Å². The second-order valence-corrected chi connectivity index (χ2v) is 7.77. The van der Waals surface area contributed by atoms with Crippen molar-refractivity contribution in [2.45, 2.75) is 6.61 Å². The number of carbonyl (C=O) groups excluding carboxylic acids is 1. The van der Waals surface area contributed by atoms with E-state index in [4.69, 9.17) is 14.2 Å². The van der Waals surface area contributed by atoms with Crippen LogP contribution in [-0.4, -0.2) is 19.0 Å². The summed E-state index contributed by atoms with van der Waals surface area (Å²) in [5.74, 6) is -0.111. The van der Waals surface area contributed by atoms with Crippen LogP contribution in [0.25, 0.3) is 6.08 Å². The third kappa shape index (κ3) is 4.77. The standard InChI is InChI=1S/C24H17FINO4/c1-29-22-13-15(10-11-21(22)30-14-16-6-2-5-9-19(16)26)12-20-24(28)31-23(27-20)17-7-3-4-8-18(17)25/h2-13H,14H2,1H3/b20-12-. The zero-order valence-corrected chi connectivity index (χ0v) is 18.6. The third-order valence-electron chi connectivity index (χ3n) is 4.56. The summed E-state index contributed by atoms with van der Waals surface area (Å²) < 4.78 is 31.6. The molecule has 7 heteroatoms. The predicted molar refractivity (Wildman–Crippen MR) is 123 cm³/mol.